The monoisotopic (exact) mass is 405 g/mol. The van der Waals surface area contributed by atoms with Gasteiger partial charge in [-0.15, -0.1) is 0 Å². The van der Waals surface area contributed by atoms with Gasteiger partial charge in [-0.3, -0.25) is 9.69 Å². The highest BCUT2D eigenvalue weighted by Gasteiger charge is 2.31. The lowest BCUT2D eigenvalue weighted by Crippen LogP contribution is -2.39. The first-order valence-corrected chi connectivity index (χ1v) is 10.1. The van der Waals surface area contributed by atoms with Crippen molar-refractivity contribution in [2.45, 2.75) is 38.6 Å². The van der Waals surface area contributed by atoms with Crippen molar-refractivity contribution in [2.24, 2.45) is 5.92 Å². The largest absolute Gasteiger partial charge is 0.481 e. The normalized spacial score (nSPS) is 17.2. The van der Waals surface area contributed by atoms with E-state index in [1.165, 1.54) is 5.56 Å². The fourth-order valence-electron chi connectivity index (χ4n) is 3.79. The van der Waals surface area contributed by atoms with Crippen molar-refractivity contribution in [1.82, 2.24) is 4.90 Å². The molecule has 144 valence electrons. The van der Waals surface area contributed by atoms with E-state index in [-0.39, 0.29) is 12.0 Å². The highest BCUT2D eigenvalue weighted by Crippen LogP contribution is 2.38. The van der Waals surface area contributed by atoms with Crippen LogP contribution in [0.1, 0.15) is 55.3 Å². The van der Waals surface area contributed by atoms with Crippen LogP contribution in [0.3, 0.4) is 0 Å². The average Bonchev–Trinajstić information content (AvgIpc) is 2.66. The summed E-state index contributed by atoms with van der Waals surface area (Å²) in [6, 6.07) is 14.3. The van der Waals surface area contributed by atoms with Crippen LogP contribution in [-0.2, 0) is 4.79 Å². The number of piperidine rings is 1. The molecule has 1 heterocycles. The number of carboxylic acid groups (broad SMARTS) is 1. The van der Waals surface area contributed by atoms with Crippen LogP contribution < -0.4 is 0 Å². The molecule has 1 atom stereocenters. The smallest absolute Gasteiger partial charge is 0.306 e. The van der Waals surface area contributed by atoms with Gasteiger partial charge in [0.1, 0.15) is 0 Å². The van der Waals surface area contributed by atoms with Crippen LogP contribution in [0.4, 0.5) is 0 Å². The van der Waals surface area contributed by atoms with E-state index in [4.69, 9.17) is 23.2 Å². The lowest BCUT2D eigenvalue weighted by Gasteiger charge is -2.37. The van der Waals surface area contributed by atoms with Gasteiger partial charge >= 0.3 is 5.97 Å². The molecule has 0 aliphatic carbocycles. The summed E-state index contributed by atoms with van der Waals surface area (Å²) in [6.07, 6.45) is 1.29. The van der Waals surface area contributed by atoms with Crippen molar-refractivity contribution < 1.29 is 9.90 Å². The predicted molar refractivity (Wildman–Crippen MR) is 111 cm³/mol. The second kappa shape index (κ2) is 8.64. The Morgan fingerprint density at radius 3 is 2.19 bits per heavy atom. The molecule has 2 aromatic carbocycles. The zero-order valence-electron chi connectivity index (χ0n) is 15.7. The molecule has 27 heavy (non-hydrogen) atoms. The Balaban J connectivity index is 1.97. The van der Waals surface area contributed by atoms with E-state index in [1.807, 2.05) is 12.1 Å². The molecule has 0 amide bonds. The number of aliphatic carboxylic acids is 1. The van der Waals surface area contributed by atoms with Gasteiger partial charge in [0.25, 0.3) is 0 Å². The number of hydrogen-bond acceptors (Lipinski definition) is 2. The molecule has 1 unspecified atom stereocenters. The van der Waals surface area contributed by atoms with E-state index in [9.17, 15) is 9.90 Å². The second-order valence-corrected chi connectivity index (χ2v) is 8.30. The van der Waals surface area contributed by atoms with E-state index in [1.54, 1.807) is 6.07 Å². The minimum Gasteiger partial charge on any atom is -0.481 e. The zero-order valence-corrected chi connectivity index (χ0v) is 17.2. The molecule has 0 bridgehead atoms. The maximum atomic E-state index is 11.3. The molecule has 0 saturated carbocycles. The number of carbonyl (C=O) groups is 1. The zero-order chi connectivity index (χ0) is 19.6. The Morgan fingerprint density at radius 2 is 1.63 bits per heavy atom. The summed E-state index contributed by atoms with van der Waals surface area (Å²) in [7, 11) is 0. The fraction of sp³-hybridized carbons (Fsp3) is 0.409. The number of rotatable bonds is 5. The predicted octanol–water partition coefficient (Wildman–Crippen LogP) is 6.00. The standard InChI is InChI=1S/C22H25Cl2NO2/c1-14(2)15-6-8-16(9-7-15)21(18-4-3-5-19(23)20(18)24)25-12-10-17(11-13-25)22(26)27/h3-9,14,17,21H,10-13H2,1-2H3,(H,26,27). The number of carboxylic acids is 1. The summed E-state index contributed by atoms with van der Waals surface area (Å²) in [5.74, 6) is -0.494. The summed E-state index contributed by atoms with van der Waals surface area (Å²) >= 11 is 12.9. The van der Waals surface area contributed by atoms with Crippen molar-refractivity contribution in [1.29, 1.82) is 0 Å². The molecule has 0 radical (unpaired) electrons. The van der Waals surface area contributed by atoms with Gasteiger partial charge in [0.05, 0.1) is 22.0 Å². The van der Waals surface area contributed by atoms with Crippen molar-refractivity contribution >= 4 is 29.2 Å². The van der Waals surface area contributed by atoms with Gasteiger partial charge in [-0.25, -0.2) is 0 Å². The maximum absolute atomic E-state index is 11.3. The van der Waals surface area contributed by atoms with Crippen LogP contribution in [0.15, 0.2) is 42.5 Å². The van der Waals surface area contributed by atoms with Gasteiger partial charge < -0.3 is 5.11 Å². The van der Waals surface area contributed by atoms with Gasteiger partial charge in [0.2, 0.25) is 0 Å². The van der Waals surface area contributed by atoms with Crippen molar-refractivity contribution in [3.05, 3.63) is 69.2 Å². The summed E-state index contributed by atoms with van der Waals surface area (Å²) in [5, 5.41) is 10.4. The van der Waals surface area contributed by atoms with Crippen LogP contribution >= 0.6 is 23.2 Å². The first-order chi connectivity index (χ1) is 12.9. The molecule has 5 heteroatoms. The van der Waals surface area contributed by atoms with Crippen LogP contribution in [-0.4, -0.2) is 29.1 Å². The molecular weight excluding hydrogens is 381 g/mol. The van der Waals surface area contributed by atoms with Crippen LogP contribution in [0.25, 0.3) is 0 Å². The molecule has 2 aromatic rings. The first-order valence-electron chi connectivity index (χ1n) is 9.39. The number of nitrogens with zero attached hydrogens (tertiary/aromatic N) is 1. The Labute approximate surface area is 170 Å². The van der Waals surface area contributed by atoms with E-state index in [2.05, 4.69) is 43.0 Å². The number of hydrogen-bond donors (Lipinski definition) is 1. The summed E-state index contributed by atoms with van der Waals surface area (Å²) < 4.78 is 0. The minimum atomic E-state index is -0.701. The third-order valence-corrected chi connectivity index (χ3v) is 6.27. The van der Waals surface area contributed by atoms with Gasteiger partial charge in [0.15, 0.2) is 0 Å². The highest BCUT2D eigenvalue weighted by atomic mass is 35.5. The lowest BCUT2D eigenvalue weighted by atomic mass is 9.90. The third kappa shape index (κ3) is 4.48. The summed E-state index contributed by atoms with van der Waals surface area (Å²) in [4.78, 5) is 13.6. The Kier molecular flexibility index (Phi) is 6.46. The van der Waals surface area contributed by atoms with Crippen LogP contribution in [0.2, 0.25) is 10.0 Å². The summed E-state index contributed by atoms with van der Waals surface area (Å²) in [6.45, 7) is 5.79. The molecule has 1 aliphatic heterocycles. The van der Waals surface area contributed by atoms with Gasteiger partial charge in [-0.2, -0.15) is 0 Å². The van der Waals surface area contributed by atoms with Gasteiger partial charge in [-0.1, -0.05) is 73.4 Å². The van der Waals surface area contributed by atoms with Gasteiger partial charge in [-0.05, 0) is 54.6 Å². The van der Waals surface area contributed by atoms with Crippen LogP contribution in [0, 0.1) is 5.92 Å². The first kappa shape index (κ1) is 20.2. The topological polar surface area (TPSA) is 40.5 Å². The molecule has 1 fully saturated rings. The van der Waals surface area contributed by atoms with Crippen LogP contribution in [0.5, 0.6) is 0 Å². The SMILES string of the molecule is CC(C)c1ccc(C(c2cccc(Cl)c2Cl)N2CCC(C(=O)O)CC2)cc1. The number of benzene rings is 2. The average molecular weight is 406 g/mol. The quantitative estimate of drug-likeness (QED) is 0.662. The van der Waals surface area contributed by atoms with E-state index in [0.29, 0.717) is 28.8 Å². The number of halogens is 2. The molecule has 0 spiro atoms. The Hall–Kier alpha value is -1.55. The molecule has 3 rings (SSSR count). The highest BCUT2D eigenvalue weighted by molar-refractivity contribution is 6.42. The third-order valence-electron chi connectivity index (χ3n) is 5.44. The molecule has 1 aliphatic rings. The minimum absolute atomic E-state index is 0.0350. The van der Waals surface area contributed by atoms with E-state index < -0.39 is 5.97 Å². The second-order valence-electron chi connectivity index (χ2n) is 7.52. The fourth-order valence-corrected chi connectivity index (χ4v) is 4.20. The van der Waals surface area contributed by atoms with Crippen molar-refractivity contribution in [3.63, 3.8) is 0 Å². The van der Waals surface area contributed by atoms with E-state index in [0.717, 1.165) is 24.2 Å². The Morgan fingerprint density at radius 1 is 1.04 bits per heavy atom. The lowest BCUT2D eigenvalue weighted by molar-refractivity contribution is -0.143. The maximum Gasteiger partial charge on any atom is 0.306 e. The molecule has 1 saturated heterocycles. The molecular formula is C22H25Cl2NO2. The van der Waals surface area contributed by atoms with Gasteiger partial charge in [0, 0.05) is 0 Å². The molecule has 1 N–H and O–H groups in total. The number of likely N-dealkylation sites (tertiary alicyclic amines) is 1. The molecule has 3 nitrogen and oxygen atoms in total. The van der Waals surface area contributed by atoms with Crippen molar-refractivity contribution in [3.8, 4) is 0 Å². The van der Waals surface area contributed by atoms with E-state index >= 15 is 0 Å². The Bertz CT molecular complexity index is 796. The summed E-state index contributed by atoms with van der Waals surface area (Å²) in [5.41, 5.74) is 3.41. The van der Waals surface area contributed by atoms with Crippen molar-refractivity contribution in [2.75, 3.05) is 13.1 Å². The molecule has 0 aromatic heterocycles.